The van der Waals surface area contributed by atoms with Gasteiger partial charge in [-0.05, 0) is 35.7 Å². The first-order chi connectivity index (χ1) is 13.2. The minimum absolute atomic E-state index is 0.221. The number of H-pyrrole nitrogens is 1. The minimum Gasteiger partial charge on any atom is -0.493 e. The number of anilines is 1. The molecule has 2 amide bonds. The van der Waals surface area contributed by atoms with Gasteiger partial charge in [0.2, 0.25) is 0 Å². The molecule has 0 atom stereocenters. The number of amides is 2. The predicted molar refractivity (Wildman–Crippen MR) is 94.7 cm³/mol. The Morgan fingerprint density at radius 2 is 1.79 bits per heavy atom. The van der Waals surface area contributed by atoms with Gasteiger partial charge in [-0.1, -0.05) is 0 Å². The summed E-state index contributed by atoms with van der Waals surface area (Å²) in [5.41, 5.74) is -0.512. The van der Waals surface area contributed by atoms with Gasteiger partial charge < -0.3 is 24.7 Å². The van der Waals surface area contributed by atoms with Gasteiger partial charge in [0, 0.05) is 19.3 Å². The molecule has 0 saturated carbocycles. The van der Waals surface area contributed by atoms with Crippen molar-refractivity contribution in [2.75, 3.05) is 26.1 Å². The number of nitrogens with zero attached hydrogens (tertiary/aromatic N) is 1. The number of urea groups is 1. The van der Waals surface area contributed by atoms with Gasteiger partial charge in [0.15, 0.2) is 11.5 Å². The molecule has 28 heavy (non-hydrogen) atoms. The number of aromatic nitrogens is 1. The highest BCUT2D eigenvalue weighted by molar-refractivity contribution is 5.89. The number of alkyl halides is 3. The van der Waals surface area contributed by atoms with E-state index in [9.17, 15) is 22.8 Å². The molecule has 2 aromatic rings. The topological polar surface area (TPSA) is 83.7 Å². The van der Waals surface area contributed by atoms with Crippen molar-refractivity contribution < 1.29 is 27.4 Å². The van der Waals surface area contributed by atoms with Gasteiger partial charge in [-0.3, -0.25) is 4.79 Å². The van der Waals surface area contributed by atoms with Crippen LogP contribution in [-0.4, -0.2) is 36.7 Å². The lowest BCUT2D eigenvalue weighted by Crippen LogP contribution is -2.39. The summed E-state index contributed by atoms with van der Waals surface area (Å²) in [7, 11) is 3.02. The van der Waals surface area contributed by atoms with Crippen LogP contribution in [0.25, 0.3) is 0 Å². The quantitative estimate of drug-likeness (QED) is 0.834. The molecular formula is C18H18F3N3O4. The molecule has 3 rings (SSSR count). The molecule has 0 fully saturated rings. The van der Waals surface area contributed by atoms with Crippen LogP contribution in [0, 0.1) is 0 Å². The number of pyridine rings is 1. The van der Waals surface area contributed by atoms with E-state index in [1.54, 1.807) is 6.07 Å². The van der Waals surface area contributed by atoms with Crippen LogP contribution in [0.3, 0.4) is 0 Å². The van der Waals surface area contributed by atoms with E-state index in [-0.39, 0.29) is 6.54 Å². The molecule has 0 unspecified atom stereocenters. The summed E-state index contributed by atoms with van der Waals surface area (Å²) >= 11 is 0. The lowest BCUT2D eigenvalue weighted by molar-refractivity contribution is -0.137. The number of hydrogen-bond acceptors (Lipinski definition) is 4. The maximum Gasteiger partial charge on any atom is 0.417 e. The van der Waals surface area contributed by atoms with Crippen LogP contribution in [0.5, 0.6) is 11.5 Å². The lowest BCUT2D eigenvalue weighted by Gasteiger charge is -2.29. The van der Waals surface area contributed by atoms with Crippen molar-refractivity contribution in [1.29, 1.82) is 0 Å². The van der Waals surface area contributed by atoms with Crippen LogP contribution in [0.2, 0.25) is 0 Å². The van der Waals surface area contributed by atoms with E-state index in [0.29, 0.717) is 36.7 Å². The molecule has 0 bridgehead atoms. The largest absolute Gasteiger partial charge is 0.493 e. The number of aromatic amines is 1. The zero-order valence-corrected chi connectivity index (χ0v) is 15.1. The lowest BCUT2D eigenvalue weighted by atomic mass is 9.99. The average Bonchev–Trinajstić information content (AvgIpc) is 2.67. The molecule has 1 aromatic carbocycles. The van der Waals surface area contributed by atoms with E-state index in [1.165, 1.54) is 19.1 Å². The molecule has 150 valence electrons. The molecule has 1 aromatic heterocycles. The number of methoxy groups -OCH3 is 2. The monoisotopic (exact) mass is 397 g/mol. The SMILES string of the molecule is COc1cc2c(cc1OC)CN(C(=O)Nc1cc(C(F)(F)F)c[nH]c1=O)CC2. The summed E-state index contributed by atoms with van der Waals surface area (Å²) in [6, 6.07) is 3.54. The van der Waals surface area contributed by atoms with E-state index in [1.807, 2.05) is 11.1 Å². The molecule has 0 radical (unpaired) electrons. The second kappa shape index (κ2) is 7.45. The number of carbonyl (C=O) groups is 1. The van der Waals surface area contributed by atoms with Crippen LogP contribution in [-0.2, 0) is 19.1 Å². The summed E-state index contributed by atoms with van der Waals surface area (Å²) in [6.07, 6.45) is -3.54. The molecule has 10 heteroatoms. The summed E-state index contributed by atoms with van der Waals surface area (Å²) in [4.78, 5) is 27.7. The second-order valence-electron chi connectivity index (χ2n) is 6.21. The fourth-order valence-corrected chi connectivity index (χ4v) is 2.99. The number of halogens is 3. The Morgan fingerprint density at radius 1 is 1.14 bits per heavy atom. The fourth-order valence-electron chi connectivity index (χ4n) is 2.99. The molecule has 0 saturated heterocycles. The fraction of sp³-hybridized carbons (Fsp3) is 0.333. The zero-order valence-electron chi connectivity index (χ0n) is 15.1. The predicted octanol–water partition coefficient (Wildman–Crippen LogP) is 3.00. The minimum atomic E-state index is -4.64. The molecule has 0 spiro atoms. The van der Waals surface area contributed by atoms with Gasteiger partial charge in [0.1, 0.15) is 5.69 Å². The Bertz CT molecular complexity index is 956. The third kappa shape index (κ3) is 3.90. The number of hydrogen-bond donors (Lipinski definition) is 2. The maximum absolute atomic E-state index is 12.8. The van der Waals surface area contributed by atoms with Crippen molar-refractivity contribution in [1.82, 2.24) is 9.88 Å². The maximum atomic E-state index is 12.8. The van der Waals surface area contributed by atoms with Crippen LogP contribution < -0.4 is 20.3 Å². The second-order valence-corrected chi connectivity index (χ2v) is 6.21. The average molecular weight is 397 g/mol. The van der Waals surface area contributed by atoms with Crippen molar-refractivity contribution >= 4 is 11.7 Å². The number of carbonyl (C=O) groups excluding carboxylic acids is 1. The van der Waals surface area contributed by atoms with Crippen molar-refractivity contribution in [2.24, 2.45) is 0 Å². The van der Waals surface area contributed by atoms with Crippen molar-refractivity contribution in [3.05, 3.63) is 51.4 Å². The van der Waals surface area contributed by atoms with Crippen LogP contribution in [0.4, 0.5) is 23.7 Å². The van der Waals surface area contributed by atoms with Crippen LogP contribution in [0.15, 0.2) is 29.2 Å². The van der Waals surface area contributed by atoms with Gasteiger partial charge in [0.25, 0.3) is 5.56 Å². The third-order valence-corrected chi connectivity index (χ3v) is 4.48. The van der Waals surface area contributed by atoms with Gasteiger partial charge in [-0.25, -0.2) is 4.79 Å². The smallest absolute Gasteiger partial charge is 0.417 e. The molecule has 1 aliphatic rings. The summed E-state index contributed by atoms with van der Waals surface area (Å²) in [5.74, 6) is 1.09. The Hall–Kier alpha value is -3.17. The van der Waals surface area contributed by atoms with Crippen LogP contribution in [0.1, 0.15) is 16.7 Å². The van der Waals surface area contributed by atoms with E-state index >= 15 is 0 Å². The normalized spacial score (nSPS) is 13.7. The first-order valence-electron chi connectivity index (χ1n) is 8.32. The van der Waals surface area contributed by atoms with Gasteiger partial charge in [-0.15, -0.1) is 0 Å². The Kier molecular flexibility index (Phi) is 5.21. The molecule has 2 N–H and O–H groups in total. The third-order valence-electron chi connectivity index (χ3n) is 4.48. The number of rotatable bonds is 3. The van der Waals surface area contributed by atoms with Crippen molar-refractivity contribution in [3.8, 4) is 11.5 Å². The standard InChI is InChI=1S/C18H18F3N3O4/c1-27-14-5-10-3-4-24(9-11(10)6-15(14)28-2)17(26)23-13-7-12(18(19,20)21)8-22-16(13)25/h5-8H,3-4,9H2,1-2H3,(H,22,25)(H,23,26). The van der Waals surface area contributed by atoms with Crippen molar-refractivity contribution in [3.63, 3.8) is 0 Å². The number of nitrogens with one attached hydrogen (secondary N) is 2. The Morgan fingerprint density at radius 3 is 2.39 bits per heavy atom. The zero-order chi connectivity index (χ0) is 20.5. The van der Waals surface area contributed by atoms with Gasteiger partial charge >= 0.3 is 12.2 Å². The van der Waals surface area contributed by atoms with Gasteiger partial charge in [-0.2, -0.15) is 13.2 Å². The summed E-state index contributed by atoms with van der Waals surface area (Å²) < 4.78 is 49.0. The molecule has 1 aliphatic heterocycles. The van der Waals surface area contributed by atoms with E-state index in [2.05, 4.69) is 5.32 Å². The highest BCUT2D eigenvalue weighted by Crippen LogP contribution is 2.33. The molecule has 2 heterocycles. The molecule has 0 aliphatic carbocycles. The number of fused-ring (bicyclic) bond motifs is 1. The first kappa shape index (κ1) is 19.6. The van der Waals surface area contributed by atoms with Gasteiger partial charge in [0.05, 0.1) is 19.8 Å². The van der Waals surface area contributed by atoms with E-state index in [0.717, 1.165) is 11.1 Å². The Balaban J connectivity index is 1.79. The highest BCUT2D eigenvalue weighted by atomic mass is 19.4. The molecule has 7 nitrogen and oxygen atoms in total. The number of ether oxygens (including phenoxy) is 2. The highest BCUT2D eigenvalue weighted by Gasteiger charge is 2.32. The van der Waals surface area contributed by atoms with Crippen LogP contribution >= 0.6 is 0 Å². The number of benzene rings is 1. The molecular weight excluding hydrogens is 379 g/mol. The van der Waals surface area contributed by atoms with E-state index < -0.39 is 29.0 Å². The van der Waals surface area contributed by atoms with E-state index in [4.69, 9.17) is 9.47 Å². The summed E-state index contributed by atoms with van der Waals surface area (Å²) in [6.45, 7) is 0.559. The first-order valence-corrected chi connectivity index (χ1v) is 8.32. The summed E-state index contributed by atoms with van der Waals surface area (Å²) in [5, 5.41) is 2.26. The Labute approximate surface area is 158 Å². The van der Waals surface area contributed by atoms with Crippen molar-refractivity contribution in [2.45, 2.75) is 19.1 Å².